The van der Waals surface area contributed by atoms with Gasteiger partial charge >= 0.3 is 0 Å². The van der Waals surface area contributed by atoms with Gasteiger partial charge in [-0.25, -0.2) is 0 Å². The van der Waals surface area contributed by atoms with E-state index in [2.05, 4.69) is 140 Å². The molecule has 0 amide bonds. The summed E-state index contributed by atoms with van der Waals surface area (Å²) < 4.78 is 0. The van der Waals surface area contributed by atoms with Gasteiger partial charge in [-0.1, -0.05) is 105 Å². The normalized spacial score (nSPS) is 13.2. The first-order valence-corrected chi connectivity index (χ1v) is 13.7. The van der Waals surface area contributed by atoms with Crippen molar-refractivity contribution in [2.45, 2.75) is 32.6 Å². The lowest BCUT2D eigenvalue weighted by atomic mass is 9.88. The Morgan fingerprint density at radius 3 is 1.79 bits per heavy atom. The molecule has 184 valence electrons. The molecule has 38 heavy (non-hydrogen) atoms. The van der Waals surface area contributed by atoms with E-state index in [1.54, 1.807) is 0 Å². The Hall–Kier alpha value is -4.36. The Morgan fingerprint density at radius 2 is 1.16 bits per heavy atom. The average molecular weight is 490 g/mol. The highest BCUT2D eigenvalue weighted by Gasteiger charge is 2.21. The highest BCUT2D eigenvalue weighted by molar-refractivity contribution is 5.93. The van der Waals surface area contributed by atoms with Gasteiger partial charge in [-0.15, -0.1) is 0 Å². The molecule has 0 fully saturated rings. The molecule has 0 unspecified atom stereocenters. The summed E-state index contributed by atoms with van der Waals surface area (Å²) in [4.78, 5) is 2.47. The molecule has 6 aromatic rings. The predicted molar refractivity (Wildman–Crippen MR) is 164 cm³/mol. The van der Waals surface area contributed by atoms with E-state index >= 15 is 0 Å². The first-order chi connectivity index (χ1) is 18.6. The van der Waals surface area contributed by atoms with Gasteiger partial charge in [-0.3, -0.25) is 0 Å². The molecule has 1 aliphatic carbocycles. The summed E-state index contributed by atoms with van der Waals surface area (Å²) >= 11 is 0. The molecule has 1 aliphatic rings. The van der Waals surface area contributed by atoms with Crippen LogP contribution < -0.4 is 4.90 Å². The summed E-state index contributed by atoms with van der Waals surface area (Å²) in [5.41, 5.74) is 7.96. The quantitative estimate of drug-likeness (QED) is 0.238. The summed E-state index contributed by atoms with van der Waals surface area (Å²) in [5, 5.41) is 7.81. The Labute approximate surface area is 224 Å². The molecule has 0 atom stereocenters. The van der Waals surface area contributed by atoms with Crippen LogP contribution in [0.1, 0.15) is 42.9 Å². The number of aryl methyl sites for hydroxylation is 1. The lowest BCUT2D eigenvalue weighted by Gasteiger charge is -2.31. The largest absolute Gasteiger partial charge is 0.314 e. The second kappa shape index (κ2) is 9.19. The SMILES string of the molecule is CC(C)c1ccc2c3c(ccc2c1)C=C(N(c1ccc2ccccc2c1)c1ccc2ccccc2c1)CC3. The van der Waals surface area contributed by atoms with E-state index in [9.17, 15) is 0 Å². The summed E-state index contributed by atoms with van der Waals surface area (Å²) in [6, 6.07) is 42.6. The fourth-order valence-electron chi connectivity index (χ4n) is 6.00. The van der Waals surface area contributed by atoms with Crippen molar-refractivity contribution in [3.8, 4) is 0 Å². The summed E-state index contributed by atoms with van der Waals surface area (Å²) in [6.45, 7) is 4.53. The zero-order valence-electron chi connectivity index (χ0n) is 22.0. The highest BCUT2D eigenvalue weighted by Crippen LogP contribution is 2.39. The molecule has 1 nitrogen and oxygen atoms in total. The molecule has 0 N–H and O–H groups in total. The molecular weight excluding hydrogens is 458 g/mol. The van der Waals surface area contributed by atoms with Crippen LogP contribution in [0.5, 0.6) is 0 Å². The van der Waals surface area contributed by atoms with Crippen LogP contribution in [0.25, 0.3) is 38.4 Å². The minimum absolute atomic E-state index is 0.541. The maximum Gasteiger partial charge on any atom is 0.0464 e. The number of benzene rings is 6. The maximum atomic E-state index is 2.47. The Morgan fingerprint density at radius 1 is 0.553 bits per heavy atom. The van der Waals surface area contributed by atoms with Crippen LogP contribution in [0, 0.1) is 0 Å². The Bertz CT molecular complexity index is 1780. The summed E-state index contributed by atoms with van der Waals surface area (Å²) in [7, 11) is 0. The maximum absolute atomic E-state index is 2.47. The van der Waals surface area contributed by atoms with Gasteiger partial charge in [-0.05, 0) is 98.1 Å². The Kier molecular flexibility index (Phi) is 5.51. The molecule has 0 bridgehead atoms. The van der Waals surface area contributed by atoms with Crippen molar-refractivity contribution >= 4 is 49.8 Å². The minimum Gasteiger partial charge on any atom is -0.314 e. The van der Waals surface area contributed by atoms with Crippen LogP contribution in [0.15, 0.2) is 121 Å². The van der Waals surface area contributed by atoms with E-state index in [1.807, 2.05) is 0 Å². The first-order valence-electron chi connectivity index (χ1n) is 13.7. The second-order valence-electron chi connectivity index (χ2n) is 10.8. The molecule has 0 spiro atoms. The molecule has 0 heterocycles. The summed E-state index contributed by atoms with van der Waals surface area (Å²) in [5.74, 6) is 0.541. The number of anilines is 2. The van der Waals surface area contributed by atoms with Gasteiger partial charge in [0.05, 0.1) is 0 Å². The van der Waals surface area contributed by atoms with Crippen LogP contribution >= 0.6 is 0 Å². The third-order valence-electron chi connectivity index (χ3n) is 8.08. The third-order valence-corrected chi connectivity index (χ3v) is 8.08. The van der Waals surface area contributed by atoms with Crippen LogP contribution in [0.2, 0.25) is 0 Å². The van der Waals surface area contributed by atoms with E-state index in [0.717, 1.165) is 12.8 Å². The molecule has 1 heteroatoms. The summed E-state index contributed by atoms with van der Waals surface area (Å²) in [6.07, 6.45) is 4.45. The number of hydrogen-bond donors (Lipinski definition) is 0. The topological polar surface area (TPSA) is 3.24 Å². The van der Waals surface area contributed by atoms with Gasteiger partial charge in [0.15, 0.2) is 0 Å². The molecule has 0 saturated carbocycles. The van der Waals surface area contributed by atoms with Gasteiger partial charge in [0, 0.05) is 17.1 Å². The van der Waals surface area contributed by atoms with E-state index < -0.39 is 0 Å². The zero-order valence-corrected chi connectivity index (χ0v) is 22.0. The predicted octanol–water partition coefficient (Wildman–Crippen LogP) is 10.4. The van der Waals surface area contributed by atoms with E-state index in [1.165, 1.54) is 66.1 Å². The lowest BCUT2D eigenvalue weighted by molar-refractivity contribution is 0.868. The van der Waals surface area contributed by atoms with E-state index in [0.29, 0.717) is 5.92 Å². The van der Waals surface area contributed by atoms with Gasteiger partial charge in [0.2, 0.25) is 0 Å². The van der Waals surface area contributed by atoms with Crippen molar-refractivity contribution in [3.05, 3.63) is 138 Å². The van der Waals surface area contributed by atoms with Crippen molar-refractivity contribution in [2.24, 2.45) is 0 Å². The van der Waals surface area contributed by atoms with Gasteiger partial charge in [0.25, 0.3) is 0 Å². The number of rotatable bonds is 4. The molecule has 7 rings (SSSR count). The van der Waals surface area contributed by atoms with Gasteiger partial charge < -0.3 is 4.90 Å². The smallest absolute Gasteiger partial charge is 0.0464 e. The van der Waals surface area contributed by atoms with Crippen molar-refractivity contribution in [1.29, 1.82) is 0 Å². The number of hydrogen-bond acceptors (Lipinski definition) is 1. The molecule has 6 aromatic carbocycles. The fraction of sp³-hybridized carbons (Fsp3) is 0.135. The number of fused-ring (bicyclic) bond motifs is 5. The Balaban J connectivity index is 1.39. The highest BCUT2D eigenvalue weighted by atomic mass is 15.1. The first kappa shape index (κ1) is 22.8. The molecular formula is C37H31N. The fourth-order valence-corrected chi connectivity index (χ4v) is 6.00. The minimum atomic E-state index is 0.541. The molecule has 0 aliphatic heterocycles. The van der Waals surface area contributed by atoms with Crippen molar-refractivity contribution < 1.29 is 0 Å². The van der Waals surface area contributed by atoms with Gasteiger partial charge in [-0.2, -0.15) is 0 Å². The van der Waals surface area contributed by atoms with E-state index in [-0.39, 0.29) is 0 Å². The van der Waals surface area contributed by atoms with Crippen LogP contribution in [0.4, 0.5) is 11.4 Å². The monoisotopic (exact) mass is 489 g/mol. The molecule has 0 saturated heterocycles. The van der Waals surface area contributed by atoms with Gasteiger partial charge in [0.1, 0.15) is 0 Å². The van der Waals surface area contributed by atoms with Crippen LogP contribution in [-0.2, 0) is 6.42 Å². The van der Waals surface area contributed by atoms with Crippen LogP contribution in [-0.4, -0.2) is 0 Å². The van der Waals surface area contributed by atoms with Crippen molar-refractivity contribution in [1.82, 2.24) is 0 Å². The van der Waals surface area contributed by atoms with Crippen molar-refractivity contribution in [3.63, 3.8) is 0 Å². The number of allylic oxidation sites excluding steroid dienone is 1. The number of nitrogens with zero attached hydrogens (tertiary/aromatic N) is 1. The van der Waals surface area contributed by atoms with Crippen LogP contribution in [0.3, 0.4) is 0 Å². The second-order valence-corrected chi connectivity index (χ2v) is 10.8. The lowest BCUT2D eigenvalue weighted by Crippen LogP contribution is -2.19. The average Bonchev–Trinajstić information content (AvgIpc) is 2.96. The molecule has 0 radical (unpaired) electrons. The zero-order chi connectivity index (χ0) is 25.6. The van der Waals surface area contributed by atoms with Crippen molar-refractivity contribution in [2.75, 3.05) is 4.90 Å². The third kappa shape index (κ3) is 3.96. The standard InChI is InChI=1S/C37H31N/c1-25(2)28-15-19-36-31(21-28)11-12-32-24-35(18-20-37(32)36)38(33-16-13-26-7-3-5-9-29(26)22-33)34-17-14-27-8-4-6-10-30(27)23-34/h3-17,19,21-25H,18,20H2,1-2H3. The van der Waals surface area contributed by atoms with E-state index in [4.69, 9.17) is 0 Å². The molecule has 0 aromatic heterocycles.